The fourth-order valence-corrected chi connectivity index (χ4v) is 1.59. The van der Waals surface area contributed by atoms with Gasteiger partial charge in [0.2, 0.25) is 0 Å². The molecule has 1 aromatic heterocycles. The van der Waals surface area contributed by atoms with Crippen molar-refractivity contribution in [1.29, 1.82) is 0 Å². The van der Waals surface area contributed by atoms with Crippen LogP contribution < -0.4 is 0 Å². The van der Waals surface area contributed by atoms with E-state index in [1.165, 1.54) is 5.82 Å². The minimum atomic E-state index is 0.999. The first kappa shape index (κ1) is 8.04. The van der Waals surface area contributed by atoms with Crippen molar-refractivity contribution in [3.05, 3.63) is 17.7 Å². The number of halogens is 1. The van der Waals surface area contributed by atoms with Gasteiger partial charge in [-0.15, -0.1) is 0 Å². The summed E-state index contributed by atoms with van der Waals surface area (Å²) in [4.78, 5) is 4.36. The molecular weight excluding hydrogens is 239 g/mol. The van der Waals surface area contributed by atoms with Gasteiger partial charge in [-0.3, -0.25) is 0 Å². The first-order valence-corrected chi connectivity index (χ1v) is 4.89. The van der Waals surface area contributed by atoms with Crippen LogP contribution >= 0.6 is 22.6 Å². The molecular formula is C7H11IN2. The molecule has 0 unspecified atom stereocenters. The summed E-state index contributed by atoms with van der Waals surface area (Å²) in [6.45, 7) is 5.19. The summed E-state index contributed by atoms with van der Waals surface area (Å²) in [5, 5.41) is 0. The van der Waals surface area contributed by atoms with Crippen LogP contribution in [0.1, 0.15) is 18.4 Å². The Balaban J connectivity index is 2.96. The molecule has 0 fully saturated rings. The lowest BCUT2D eigenvalue weighted by atomic mass is 10.6. The van der Waals surface area contributed by atoms with Crippen LogP contribution in [0.2, 0.25) is 0 Å². The number of nitrogens with zero attached hydrogens (tertiary/aromatic N) is 2. The summed E-state index contributed by atoms with van der Waals surface area (Å²) in [6.07, 6.45) is 2.09. The van der Waals surface area contributed by atoms with Gasteiger partial charge in [0.25, 0.3) is 0 Å². The van der Waals surface area contributed by atoms with Crippen molar-refractivity contribution >= 4 is 22.6 Å². The summed E-state index contributed by atoms with van der Waals surface area (Å²) < 4.78 is 3.18. The Morgan fingerprint density at radius 1 is 1.70 bits per heavy atom. The van der Waals surface area contributed by atoms with Crippen molar-refractivity contribution < 1.29 is 0 Å². The Morgan fingerprint density at radius 3 is 2.80 bits per heavy atom. The van der Waals surface area contributed by atoms with Gasteiger partial charge in [0.05, 0.1) is 10.1 Å². The van der Waals surface area contributed by atoms with E-state index in [9.17, 15) is 0 Å². The van der Waals surface area contributed by atoms with Gasteiger partial charge in [-0.05, 0) is 13.8 Å². The zero-order valence-corrected chi connectivity index (χ0v) is 8.42. The Hall–Kier alpha value is -0.0600. The highest BCUT2D eigenvalue weighted by Gasteiger charge is 1.99. The molecule has 3 heteroatoms. The molecule has 0 N–H and O–H groups in total. The standard InChI is InChI=1S/C7H11IN2/c1-3-10-5-6(2)9-7(10)4-8/h5H,3-4H2,1-2H3. The topological polar surface area (TPSA) is 17.8 Å². The third-order valence-electron chi connectivity index (χ3n) is 1.44. The van der Waals surface area contributed by atoms with Crippen molar-refractivity contribution in [2.24, 2.45) is 0 Å². The average Bonchev–Trinajstić information content (AvgIpc) is 2.30. The third kappa shape index (κ3) is 1.51. The van der Waals surface area contributed by atoms with Crippen LogP contribution in [0.3, 0.4) is 0 Å². The molecule has 0 amide bonds. The van der Waals surface area contributed by atoms with E-state index >= 15 is 0 Å². The number of imidazole rings is 1. The van der Waals surface area contributed by atoms with Crippen molar-refractivity contribution in [3.63, 3.8) is 0 Å². The zero-order chi connectivity index (χ0) is 7.56. The Morgan fingerprint density at radius 2 is 2.40 bits per heavy atom. The van der Waals surface area contributed by atoms with Crippen molar-refractivity contribution in [3.8, 4) is 0 Å². The highest BCUT2D eigenvalue weighted by molar-refractivity contribution is 14.1. The number of alkyl halides is 1. The second kappa shape index (κ2) is 3.37. The van der Waals surface area contributed by atoms with E-state index in [2.05, 4.69) is 45.3 Å². The smallest absolute Gasteiger partial charge is 0.118 e. The molecule has 0 radical (unpaired) electrons. The van der Waals surface area contributed by atoms with Crippen molar-refractivity contribution in [1.82, 2.24) is 9.55 Å². The second-order valence-corrected chi connectivity index (χ2v) is 2.98. The molecule has 0 bridgehead atoms. The van der Waals surface area contributed by atoms with Crippen LogP contribution in [0.15, 0.2) is 6.20 Å². The minimum absolute atomic E-state index is 0.999. The molecule has 0 atom stereocenters. The van der Waals surface area contributed by atoms with Gasteiger partial charge in [-0.2, -0.15) is 0 Å². The first-order valence-electron chi connectivity index (χ1n) is 3.36. The summed E-state index contributed by atoms with van der Waals surface area (Å²) in [6, 6.07) is 0. The Labute approximate surface area is 74.8 Å². The summed E-state index contributed by atoms with van der Waals surface area (Å²) >= 11 is 2.33. The highest BCUT2D eigenvalue weighted by Crippen LogP contribution is 2.06. The zero-order valence-electron chi connectivity index (χ0n) is 6.26. The molecule has 10 heavy (non-hydrogen) atoms. The van der Waals surface area contributed by atoms with Crippen LogP contribution in [0, 0.1) is 6.92 Å². The molecule has 0 aromatic carbocycles. The van der Waals surface area contributed by atoms with Crippen LogP contribution in [0.5, 0.6) is 0 Å². The molecule has 0 aliphatic rings. The van der Waals surface area contributed by atoms with E-state index in [0.717, 1.165) is 16.7 Å². The summed E-state index contributed by atoms with van der Waals surface area (Å²) in [5.41, 5.74) is 1.12. The predicted molar refractivity (Wildman–Crippen MR) is 50.4 cm³/mol. The molecule has 1 aromatic rings. The minimum Gasteiger partial charge on any atom is -0.334 e. The van der Waals surface area contributed by atoms with E-state index in [0.29, 0.717) is 0 Å². The largest absolute Gasteiger partial charge is 0.334 e. The van der Waals surface area contributed by atoms with E-state index < -0.39 is 0 Å². The lowest BCUT2D eigenvalue weighted by Gasteiger charge is -1.98. The second-order valence-electron chi connectivity index (χ2n) is 2.22. The van der Waals surface area contributed by atoms with Crippen LogP contribution in [-0.4, -0.2) is 9.55 Å². The van der Waals surface area contributed by atoms with Gasteiger partial charge in [0, 0.05) is 12.7 Å². The molecule has 0 saturated carbocycles. The quantitative estimate of drug-likeness (QED) is 0.580. The SMILES string of the molecule is CCn1cc(C)nc1CI. The van der Waals surface area contributed by atoms with Crippen LogP contribution in [0.25, 0.3) is 0 Å². The monoisotopic (exact) mass is 250 g/mol. The molecule has 2 nitrogen and oxygen atoms in total. The predicted octanol–water partition coefficient (Wildman–Crippen LogP) is 2.15. The fourth-order valence-electron chi connectivity index (χ4n) is 0.977. The van der Waals surface area contributed by atoms with E-state index in [4.69, 9.17) is 0 Å². The number of hydrogen-bond acceptors (Lipinski definition) is 1. The summed E-state index contributed by atoms with van der Waals surface area (Å²) in [7, 11) is 0. The number of aromatic nitrogens is 2. The molecule has 0 saturated heterocycles. The lowest BCUT2D eigenvalue weighted by molar-refractivity contribution is 0.728. The number of aryl methyl sites for hydroxylation is 2. The third-order valence-corrected chi connectivity index (χ3v) is 2.12. The number of hydrogen-bond donors (Lipinski definition) is 0. The highest BCUT2D eigenvalue weighted by atomic mass is 127. The number of rotatable bonds is 2. The normalized spacial score (nSPS) is 10.3. The molecule has 0 aliphatic heterocycles. The maximum Gasteiger partial charge on any atom is 0.118 e. The van der Waals surface area contributed by atoms with Gasteiger partial charge < -0.3 is 4.57 Å². The fraction of sp³-hybridized carbons (Fsp3) is 0.571. The van der Waals surface area contributed by atoms with Crippen molar-refractivity contribution in [2.45, 2.75) is 24.8 Å². The molecule has 56 valence electrons. The van der Waals surface area contributed by atoms with E-state index in [-0.39, 0.29) is 0 Å². The van der Waals surface area contributed by atoms with Gasteiger partial charge in [-0.1, -0.05) is 22.6 Å². The first-order chi connectivity index (χ1) is 4.77. The van der Waals surface area contributed by atoms with Gasteiger partial charge in [0.15, 0.2) is 0 Å². The Kier molecular flexibility index (Phi) is 2.71. The molecule has 0 spiro atoms. The molecule has 1 heterocycles. The van der Waals surface area contributed by atoms with E-state index in [1.54, 1.807) is 0 Å². The molecule has 1 rings (SSSR count). The van der Waals surface area contributed by atoms with Crippen molar-refractivity contribution in [2.75, 3.05) is 0 Å². The maximum absolute atomic E-state index is 4.36. The van der Waals surface area contributed by atoms with E-state index in [1.807, 2.05) is 6.92 Å². The van der Waals surface area contributed by atoms with Gasteiger partial charge in [-0.25, -0.2) is 4.98 Å². The maximum atomic E-state index is 4.36. The van der Waals surface area contributed by atoms with Gasteiger partial charge in [0.1, 0.15) is 5.82 Å². The van der Waals surface area contributed by atoms with Crippen LogP contribution in [-0.2, 0) is 11.0 Å². The van der Waals surface area contributed by atoms with Crippen LogP contribution in [0.4, 0.5) is 0 Å². The van der Waals surface area contributed by atoms with Gasteiger partial charge >= 0.3 is 0 Å². The molecule has 0 aliphatic carbocycles. The Bertz CT molecular complexity index is 196. The summed E-state index contributed by atoms with van der Waals surface area (Å²) in [5.74, 6) is 1.18. The lowest BCUT2D eigenvalue weighted by Crippen LogP contribution is -1.96. The average molecular weight is 250 g/mol.